The first-order valence-corrected chi connectivity index (χ1v) is 12.9. The molecule has 2 unspecified atom stereocenters. The average molecular weight is 445 g/mol. The van der Waals surface area contributed by atoms with Gasteiger partial charge < -0.3 is 10.0 Å². The van der Waals surface area contributed by atoms with Crippen molar-refractivity contribution in [1.29, 1.82) is 5.26 Å². The van der Waals surface area contributed by atoms with Gasteiger partial charge in [-0.2, -0.15) is 5.26 Å². The molecule has 2 heterocycles. The van der Waals surface area contributed by atoms with Gasteiger partial charge in [-0.3, -0.25) is 9.59 Å². The van der Waals surface area contributed by atoms with E-state index in [0.717, 1.165) is 32.1 Å². The Balaban J connectivity index is 1.85. The van der Waals surface area contributed by atoms with Gasteiger partial charge in [0.2, 0.25) is 5.91 Å². The Morgan fingerprint density at radius 3 is 2.25 bits per heavy atom. The predicted octanol–water partition coefficient (Wildman–Crippen LogP) is 5.12. The third-order valence-corrected chi connectivity index (χ3v) is 9.30. The van der Waals surface area contributed by atoms with Crippen molar-refractivity contribution in [2.24, 2.45) is 34.5 Å². The van der Waals surface area contributed by atoms with Gasteiger partial charge in [0.15, 0.2) is 5.78 Å². The van der Waals surface area contributed by atoms with Gasteiger partial charge in [0, 0.05) is 24.8 Å². The molecular formula is C27H44N2O3. The largest absolute Gasteiger partial charge is 0.378 e. The standard InChI is InChI=1S/C27H44N2O3/c1-18-25(32)29-17-20-23(27(20,4)5)24(29)21(30)15-19(22(31)16-28)13-11-9-7-6-8-10-12-14-26(18,2)3/h18-20,22-24,31H,6-15,17H2,1-5H3/t18-,19-,20?,22?,23+,24-/m1/s1. The quantitative estimate of drug-likeness (QED) is 0.569. The third kappa shape index (κ3) is 5.06. The van der Waals surface area contributed by atoms with E-state index in [4.69, 9.17) is 0 Å². The van der Waals surface area contributed by atoms with Gasteiger partial charge in [0.1, 0.15) is 6.10 Å². The summed E-state index contributed by atoms with van der Waals surface area (Å²) in [5, 5.41) is 19.6. The van der Waals surface area contributed by atoms with Crippen LogP contribution in [0.5, 0.6) is 0 Å². The molecule has 32 heavy (non-hydrogen) atoms. The maximum absolute atomic E-state index is 13.7. The normalized spacial score (nSPS) is 37.0. The van der Waals surface area contributed by atoms with Crippen LogP contribution in [-0.2, 0) is 9.59 Å². The van der Waals surface area contributed by atoms with E-state index in [1.165, 1.54) is 19.3 Å². The summed E-state index contributed by atoms with van der Waals surface area (Å²) in [5.41, 5.74) is -0.0154. The Kier molecular flexibility index (Phi) is 7.75. The van der Waals surface area contributed by atoms with Gasteiger partial charge in [-0.15, -0.1) is 0 Å². The van der Waals surface area contributed by atoms with Gasteiger partial charge in [0.05, 0.1) is 12.1 Å². The van der Waals surface area contributed by atoms with Crippen LogP contribution in [0.4, 0.5) is 0 Å². The lowest BCUT2D eigenvalue weighted by Crippen LogP contribution is -2.50. The Bertz CT molecular complexity index is 738. The van der Waals surface area contributed by atoms with E-state index in [2.05, 4.69) is 27.7 Å². The lowest BCUT2D eigenvalue weighted by Gasteiger charge is -2.38. The van der Waals surface area contributed by atoms with Crippen LogP contribution in [0.2, 0.25) is 0 Å². The van der Waals surface area contributed by atoms with Crippen LogP contribution in [0, 0.1) is 45.8 Å². The molecule has 6 atom stereocenters. The summed E-state index contributed by atoms with van der Waals surface area (Å²) >= 11 is 0. The van der Waals surface area contributed by atoms with Gasteiger partial charge in [-0.25, -0.2) is 0 Å². The second-order valence-corrected chi connectivity index (χ2v) is 12.1. The molecule has 1 aliphatic carbocycles. The zero-order valence-electron chi connectivity index (χ0n) is 20.9. The van der Waals surface area contributed by atoms with Crippen LogP contribution < -0.4 is 0 Å². The summed E-state index contributed by atoms with van der Waals surface area (Å²) < 4.78 is 0. The summed E-state index contributed by atoms with van der Waals surface area (Å²) in [7, 11) is 0. The summed E-state index contributed by atoms with van der Waals surface area (Å²) in [6.07, 6.45) is 8.74. The highest BCUT2D eigenvalue weighted by atomic mass is 16.3. The second-order valence-electron chi connectivity index (χ2n) is 12.1. The number of fused-ring (bicyclic) bond motifs is 3. The van der Waals surface area contributed by atoms with E-state index in [0.29, 0.717) is 18.9 Å². The fraction of sp³-hybridized carbons (Fsp3) is 0.889. The van der Waals surface area contributed by atoms with Crippen LogP contribution in [0.1, 0.15) is 98.8 Å². The van der Waals surface area contributed by atoms with E-state index in [1.54, 1.807) is 0 Å². The van der Waals surface area contributed by atoms with E-state index in [1.807, 2.05) is 17.9 Å². The molecular weight excluding hydrogens is 400 g/mol. The Morgan fingerprint density at radius 2 is 1.62 bits per heavy atom. The fourth-order valence-electron chi connectivity index (χ4n) is 6.41. The number of hydrogen-bond acceptors (Lipinski definition) is 4. The molecule has 3 rings (SSSR count). The molecule has 5 heteroatoms. The molecule has 1 amide bonds. The summed E-state index contributed by atoms with van der Waals surface area (Å²) in [4.78, 5) is 29.1. The van der Waals surface area contributed by atoms with Gasteiger partial charge in [-0.1, -0.05) is 79.6 Å². The number of ketones is 1. The van der Waals surface area contributed by atoms with Crippen molar-refractivity contribution in [3.05, 3.63) is 0 Å². The van der Waals surface area contributed by atoms with Gasteiger partial charge >= 0.3 is 0 Å². The van der Waals surface area contributed by atoms with Crippen molar-refractivity contribution in [2.75, 3.05) is 6.54 Å². The highest BCUT2D eigenvalue weighted by Gasteiger charge is 2.69. The van der Waals surface area contributed by atoms with Crippen LogP contribution >= 0.6 is 0 Å². The molecule has 5 nitrogen and oxygen atoms in total. The van der Waals surface area contributed by atoms with Crippen molar-refractivity contribution in [1.82, 2.24) is 4.90 Å². The molecule has 1 N–H and O–H groups in total. The van der Waals surface area contributed by atoms with Crippen LogP contribution in [0.15, 0.2) is 0 Å². The molecule has 0 spiro atoms. The van der Waals surface area contributed by atoms with Crippen molar-refractivity contribution in [3.63, 3.8) is 0 Å². The average Bonchev–Trinajstić information content (AvgIpc) is 3.09. The molecule has 0 radical (unpaired) electrons. The first-order valence-electron chi connectivity index (χ1n) is 12.9. The molecule has 0 aromatic rings. The highest BCUT2D eigenvalue weighted by Crippen LogP contribution is 2.65. The minimum atomic E-state index is -1.12. The number of aliphatic hydroxyl groups is 1. The molecule has 3 fully saturated rings. The van der Waals surface area contributed by atoms with E-state index < -0.39 is 12.1 Å². The van der Waals surface area contributed by atoms with Crippen molar-refractivity contribution in [2.45, 2.75) is 111 Å². The lowest BCUT2D eigenvalue weighted by molar-refractivity contribution is -0.146. The summed E-state index contributed by atoms with van der Waals surface area (Å²) in [5.74, 6) is 0.268. The Morgan fingerprint density at radius 1 is 1.03 bits per heavy atom. The SMILES string of the molecule is C[C@@H]1C(=O)N2CC3[C@@H]([C@H]2C(=O)C[C@H](C(O)C#N)CCCCCCCCCC1(C)C)C3(C)C. The molecule has 2 saturated heterocycles. The molecule has 0 bridgehead atoms. The molecule has 2 aliphatic heterocycles. The van der Waals surface area contributed by atoms with Crippen molar-refractivity contribution < 1.29 is 14.7 Å². The number of hydrogen-bond donors (Lipinski definition) is 1. The third-order valence-electron chi connectivity index (χ3n) is 9.30. The molecule has 1 saturated carbocycles. The fourth-order valence-corrected chi connectivity index (χ4v) is 6.41. The van der Waals surface area contributed by atoms with E-state index in [9.17, 15) is 20.0 Å². The van der Waals surface area contributed by atoms with Crippen molar-refractivity contribution >= 4 is 11.7 Å². The molecule has 0 aromatic heterocycles. The summed E-state index contributed by atoms with van der Waals surface area (Å²) in [6, 6.07) is 1.56. The Hall–Kier alpha value is -1.41. The number of carbonyl (C=O) groups is 2. The Labute approximate surface area is 194 Å². The first-order chi connectivity index (χ1) is 15.0. The van der Waals surface area contributed by atoms with Gasteiger partial charge in [0.25, 0.3) is 0 Å². The minimum Gasteiger partial charge on any atom is -0.378 e. The smallest absolute Gasteiger partial charge is 0.226 e. The lowest BCUT2D eigenvalue weighted by atomic mass is 9.75. The van der Waals surface area contributed by atoms with Gasteiger partial charge in [-0.05, 0) is 35.5 Å². The molecule has 3 aliphatic rings. The number of carbonyl (C=O) groups excluding carboxylic acids is 2. The van der Waals surface area contributed by atoms with Crippen molar-refractivity contribution in [3.8, 4) is 6.07 Å². The monoisotopic (exact) mass is 444 g/mol. The summed E-state index contributed by atoms with van der Waals surface area (Å²) in [6.45, 7) is 11.5. The maximum Gasteiger partial charge on any atom is 0.226 e. The highest BCUT2D eigenvalue weighted by molar-refractivity contribution is 5.92. The van der Waals surface area contributed by atoms with Crippen LogP contribution in [-0.4, -0.2) is 40.4 Å². The number of amides is 1. The molecule has 0 aromatic carbocycles. The maximum atomic E-state index is 13.7. The second kappa shape index (κ2) is 9.84. The number of rotatable bonds is 1. The number of Topliss-reactive ketones (excluding diaryl/α,β-unsaturated/α-hetero) is 1. The van der Waals surface area contributed by atoms with Crippen LogP contribution in [0.3, 0.4) is 0 Å². The number of nitrogens with zero attached hydrogens (tertiary/aromatic N) is 2. The first kappa shape index (κ1) is 25.2. The predicted molar refractivity (Wildman–Crippen MR) is 125 cm³/mol. The zero-order valence-corrected chi connectivity index (χ0v) is 20.9. The number of aliphatic hydroxyl groups excluding tert-OH is 1. The van der Waals surface area contributed by atoms with Crippen LogP contribution in [0.25, 0.3) is 0 Å². The van der Waals surface area contributed by atoms with E-state index >= 15 is 0 Å². The number of nitriles is 1. The molecule has 180 valence electrons. The zero-order chi connectivity index (χ0) is 23.7. The van der Waals surface area contributed by atoms with E-state index in [-0.39, 0.29) is 46.7 Å². The minimum absolute atomic E-state index is 0.0463. The topological polar surface area (TPSA) is 81.4 Å². The number of piperidine rings is 1.